The van der Waals surface area contributed by atoms with Gasteiger partial charge in [-0.25, -0.2) is 4.79 Å². The Hall–Kier alpha value is -2.29. The van der Waals surface area contributed by atoms with Crippen LogP contribution in [0.3, 0.4) is 0 Å². The molecule has 1 aromatic heterocycles. The number of amides is 2. The third-order valence-corrected chi connectivity index (χ3v) is 4.15. The zero-order valence-corrected chi connectivity index (χ0v) is 14.9. The van der Waals surface area contributed by atoms with Gasteiger partial charge in [0.1, 0.15) is 10.8 Å². The lowest BCUT2D eigenvalue weighted by molar-refractivity contribution is -0.149. The number of hydrogen-bond donors (Lipinski definition) is 2. The molecule has 0 unspecified atom stereocenters. The summed E-state index contributed by atoms with van der Waals surface area (Å²) in [6.45, 7) is -0.965. The summed E-state index contributed by atoms with van der Waals surface area (Å²) in [7, 11) is 0. The number of rotatable bonds is 7. The summed E-state index contributed by atoms with van der Waals surface area (Å²) in [5.74, 6) is -1.77. The van der Waals surface area contributed by atoms with E-state index in [0.29, 0.717) is 5.02 Å². The first kappa shape index (κ1) is 19.0. The van der Waals surface area contributed by atoms with Crippen molar-refractivity contribution < 1.29 is 23.9 Å². The fourth-order valence-electron chi connectivity index (χ4n) is 1.68. The second kappa shape index (κ2) is 8.70. The number of carbonyl (C=O) groups is 3. The van der Waals surface area contributed by atoms with Crippen molar-refractivity contribution in [1.29, 1.82) is 0 Å². The van der Waals surface area contributed by atoms with E-state index in [1.165, 1.54) is 18.2 Å². The monoisotopic (exact) mass is 402 g/mol. The number of esters is 1. The molecule has 0 aliphatic heterocycles. The minimum absolute atomic E-state index is 0.186. The molecule has 2 amide bonds. The van der Waals surface area contributed by atoms with Gasteiger partial charge in [-0.15, -0.1) is 11.3 Å². The van der Waals surface area contributed by atoms with Gasteiger partial charge in [-0.2, -0.15) is 0 Å². The number of thiophene rings is 1. The Kier molecular flexibility index (Phi) is 6.63. The third-order valence-electron chi connectivity index (χ3n) is 2.79. The highest BCUT2D eigenvalue weighted by Crippen LogP contribution is 2.27. The van der Waals surface area contributed by atoms with Crippen molar-refractivity contribution in [1.82, 2.24) is 0 Å². The van der Waals surface area contributed by atoms with E-state index >= 15 is 0 Å². The molecule has 132 valence electrons. The van der Waals surface area contributed by atoms with E-state index in [4.69, 9.17) is 38.4 Å². The molecule has 3 N–H and O–H groups in total. The van der Waals surface area contributed by atoms with Crippen LogP contribution in [0.1, 0.15) is 10.4 Å². The number of ether oxygens (including phenoxy) is 2. The quantitative estimate of drug-likeness (QED) is 0.692. The fraction of sp³-hybridized carbons (Fsp3) is 0.133. The Morgan fingerprint density at radius 2 is 1.92 bits per heavy atom. The van der Waals surface area contributed by atoms with Crippen LogP contribution in [0.5, 0.6) is 5.75 Å². The minimum atomic E-state index is -0.762. The standard InChI is InChI=1S/C15H12Cl2N2O5S/c16-8-1-2-11(10(17)5-8)23-7-13(21)24-6-12(20)19-15-9(14(18)22)3-4-25-15/h1-5H,6-7H2,(H2,18,22)(H,19,20). The molecule has 1 heterocycles. The summed E-state index contributed by atoms with van der Waals surface area (Å²) in [4.78, 5) is 34.5. The van der Waals surface area contributed by atoms with Crippen LogP contribution in [0.2, 0.25) is 10.0 Å². The van der Waals surface area contributed by atoms with Crippen LogP contribution in [0.25, 0.3) is 0 Å². The van der Waals surface area contributed by atoms with Gasteiger partial charge in [-0.1, -0.05) is 23.2 Å². The maximum atomic E-state index is 11.7. The van der Waals surface area contributed by atoms with E-state index in [9.17, 15) is 14.4 Å². The maximum absolute atomic E-state index is 11.7. The van der Waals surface area contributed by atoms with Crippen LogP contribution in [-0.4, -0.2) is 31.0 Å². The Balaban J connectivity index is 1.78. The van der Waals surface area contributed by atoms with E-state index in [-0.39, 0.29) is 21.3 Å². The largest absolute Gasteiger partial charge is 0.480 e. The lowest BCUT2D eigenvalue weighted by Crippen LogP contribution is -2.24. The van der Waals surface area contributed by atoms with Crippen molar-refractivity contribution >= 4 is 57.3 Å². The second-order valence-corrected chi connectivity index (χ2v) is 6.36. The van der Waals surface area contributed by atoms with Gasteiger partial charge in [0.05, 0.1) is 10.6 Å². The molecule has 0 fully saturated rings. The van der Waals surface area contributed by atoms with Gasteiger partial charge >= 0.3 is 5.97 Å². The molecule has 0 aliphatic rings. The summed E-state index contributed by atoms with van der Waals surface area (Å²) in [5, 5.41) is 5.01. The lowest BCUT2D eigenvalue weighted by Gasteiger charge is -2.09. The predicted molar refractivity (Wildman–Crippen MR) is 94.4 cm³/mol. The average Bonchev–Trinajstić information content (AvgIpc) is 3.00. The Bertz CT molecular complexity index is 809. The normalized spacial score (nSPS) is 10.2. The smallest absolute Gasteiger partial charge is 0.344 e. The highest BCUT2D eigenvalue weighted by atomic mass is 35.5. The third kappa shape index (κ3) is 5.63. The zero-order valence-electron chi connectivity index (χ0n) is 12.6. The van der Waals surface area contributed by atoms with E-state index in [0.717, 1.165) is 11.3 Å². The van der Waals surface area contributed by atoms with Crippen molar-refractivity contribution in [2.75, 3.05) is 18.5 Å². The summed E-state index contributed by atoms with van der Waals surface area (Å²) in [6.07, 6.45) is 0. The Labute approximate surface area is 156 Å². The van der Waals surface area contributed by atoms with Gasteiger partial charge in [0, 0.05) is 5.02 Å². The SMILES string of the molecule is NC(=O)c1ccsc1NC(=O)COC(=O)COc1ccc(Cl)cc1Cl. The highest BCUT2D eigenvalue weighted by molar-refractivity contribution is 7.14. The molecule has 0 bridgehead atoms. The molecule has 25 heavy (non-hydrogen) atoms. The van der Waals surface area contributed by atoms with Crippen LogP contribution in [0.15, 0.2) is 29.6 Å². The van der Waals surface area contributed by atoms with Crippen molar-refractivity contribution in [3.05, 3.63) is 45.3 Å². The second-order valence-electron chi connectivity index (χ2n) is 4.60. The maximum Gasteiger partial charge on any atom is 0.344 e. The molecular weight excluding hydrogens is 391 g/mol. The van der Waals surface area contributed by atoms with E-state index in [1.54, 1.807) is 11.4 Å². The van der Waals surface area contributed by atoms with Crippen molar-refractivity contribution in [3.63, 3.8) is 0 Å². The number of halogens is 2. The summed E-state index contributed by atoms with van der Waals surface area (Å²) in [5.41, 5.74) is 5.35. The molecule has 0 aliphatic carbocycles. The number of nitrogens with one attached hydrogen (secondary N) is 1. The van der Waals surface area contributed by atoms with Gasteiger partial charge in [-0.3, -0.25) is 9.59 Å². The first-order valence-corrected chi connectivity index (χ1v) is 8.41. The molecule has 0 saturated carbocycles. The predicted octanol–water partition coefficient (Wildman–Crippen LogP) is 2.71. The van der Waals surface area contributed by atoms with E-state index in [1.807, 2.05) is 0 Å². The van der Waals surface area contributed by atoms with Crippen molar-refractivity contribution in [3.8, 4) is 5.75 Å². The lowest BCUT2D eigenvalue weighted by atomic mass is 10.3. The molecule has 10 heteroatoms. The number of benzene rings is 1. The molecule has 0 saturated heterocycles. The molecule has 7 nitrogen and oxygen atoms in total. The van der Waals surface area contributed by atoms with Crippen LogP contribution >= 0.6 is 34.5 Å². The van der Waals surface area contributed by atoms with Gasteiger partial charge in [0.15, 0.2) is 13.2 Å². The van der Waals surface area contributed by atoms with Crippen molar-refractivity contribution in [2.24, 2.45) is 5.73 Å². The van der Waals surface area contributed by atoms with Crippen LogP contribution in [0.4, 0.5) is 5.00 Å². The summed E-state index contributed by atoms with van der Waals surface area (Å²) in [6, 6.07) is 6.01. The van der Waals surface area contributed by atoms with Crippen molar-refractivity contribution in [2.45, 2.75) is 0 Å². The number of hydrogen-bond acceptors (Lipinski definition) is 6. The number of nitrogens with two attached hydrogens (primary N) is 1. The molecule has 2 rings (SSSR count). The number of primary amides is 1. The van der Waals surface area contributed by atoms with Crippen LogP contribution < -0.4 is 15.8 Å². The van der Waals surface area contributed by atoms with Crippen LogP contribution in [0, 0.1) is 0 Å². The van der Waals surface area contributed by atoms with Gasteiger partial charge in [-0.05, 0) is 29.6 Å². The number of anilines is 1. The molecule has 0 spiro atoms. The highest BCUT2D eigenvalue weighted by Gasteiger charge is 2.14. The van der Waals surface area contributed by atoms with Crippen LogP contribution in [-0.2, 0) is 14.3 Å². The Morgan fingerprint density at radius 3 is 2.60 bits per heavy atom. The molecule has 0 radical (unpaired) electrons. The molecule has 2 aromatic rings. The van der Waals surface area contributed by atoms with Gasteiger partial charge < -0.3 is 20.5 Å². The topological polar surface area (TPSA) is 108 Å². The average molecular weight is 403 g/mol. The molecular formula is C15H12Cl2N2O5S. The van der Waals surface area contributed by atoms with E-state index in [2.05, 4.69) is 5.32 Å². The molecule has 0 atom stereocenters. The Morgan fingerprint density at radius 1 is 1.16 bits per heavy atom. The minimum Gasteiger partial charge on any atom is -0.480 e. The van der Waals surface area contributed by atoms with E-state index < -0.39 is 31.0 Å². The summed E-state index contributed by atoms with van der Waals surface area (Å²) >= 11 is 12.8. The summed E-state index contributed by atoms with van der Waals surface area (Å²) < 4.78 is 9.97. The molecule has 1 aromatic carbocycles. The first-order valence-electron chi connectivity index (χ1n) is 6.77. The first-order chi connectivity index (χ1) is 11.9. The van der Waals surface area contributed by atoms with Gasteiger partial charge in [0.25, 0.3) is 11.8 Å². The van der Waals surface area contributed by atoms with Gasteiger partial charge in [0.2, 0.25) is 0 Å². The zero-order chi connectivity index (χ0) is 18.4. The number of carbonyl (C=O) groups excluding carboxylic acids is 3. The fourth-order valence-corrected chi connectivity index (χ4v) is 2.95.